The highest BCUT2D eigenvalue weighted by atomic mass is 19.1. The van der Waals surface area contributed by atoms with Crippen molar-refractivity contribution in [3.8, 4) is 0 Å². The zero-order chi connectivity index (χ0) is 9.68. The van der Waals surface area contributed by atoms with Crippen molar-refractivity contribution in [2.75, 3.05) is 0 Å². The Morgan fingerprint density at radius 2 is 2.23 bits per heavy atom. The summed E-state index contributed by atoms with van der Waals surface area (Å²) in [6.07, 6.45) is 1.04. The molecule has 1 aromatic rings. The Morgan fingerprint density at radius 3 is 2.85 bits per heavy atom. The van der Waals surface area contributed by atoms with Crippen molar-refractivity contribution < 1.29 is 13.9 Å². The number of rotatable bonds is 3. The van der Waals surface area contributed by atoms with Gasteiger partial charge in [0.25, 0.3) is 0 Å². The molecule has 0 bridgehead atoms. The molecule has 0 aliphatic rings. The van der Waals surface area contributed by atoms with E-state index in [1.54, 1.807) is 18.2 Å². The fourth-order valence-electron chi connectivity index (χ4n) is 0.823. The smallest absolute Gasteiger partial charge is 0.330 e. The summed E-state index contributed by atoms with van der Waals surface area (Å²) in [5, 5.41) is 0. The number of carbonyl (C=O) groups is 1. The summed E-state index contributed by atoms with van der Waals surface area (Å²) in [5.41, 5.74) is 0.359. The number of esters is 1. The zero-order valence-electron chi connectivity index (χ0n) is 7.00. The third kappa shape index (κ3) is 2.71. The molecular formula is C10H9FO2. The van der Waals surface area contributed by atoms with E-state index >= 15 is 0 Å². The first-order valence-corrected chi connectivity index (χ1v) is 3.76. The molecular weight excluding hydrogens is 171 g/mol. The van der Waals surface area contributed by atoms with Crippen LogP contribution in [-0.2, 0) is 16.1 Å². The Bertz CT molecular complexity index is 320. The SMILES string of the molecule is C=CC(=O)OCc1ccccc1F. The van der Waals surface area contributed by atoms with E-state index in [1.165, 1.54) is 6.07 Å². The van der Waals surface area contributed by atoms with Crippen LogP contribution in [0.3, 0.4) is 0 Å². The van der Waals surface area contributed by atoms with Crippen molar-refractivity contribution in [1.29, 1.82) is 0 Å². The van der Waals surface area contributed by atoms with E-state index in [2.05, 4.69) is 11.3 Å². The van der Waals surface area contributed by atoms with Crippen molar-refractivity contribution in [2.24, 2.45) is 0 Å². The number of carbonyl (C=O) groups excluding carboxylic acids is 1. The minimum Gasteiger partial charge on any atom is -0.458 e. The number of hydrogen-bond donors (Lipinski definition) is 0. The molecule has 0 saturated carbocycles. The van der Waals surface area contributed by atoms with Gasteiger partial charge in [-0.2, -0.15) is 0 Å². The lowest BCUT2D eigenvalue weighted by atomic mass is 10.2. The van der Waals surface area contributed by atoms with Gasteiger partial charge in [-0.05, 0) is 6.07 Å². The van der Waals surface area contributed by atoms with Gasteiger partial charge in [-0.3, -0.25) is 0 Å². The van der Waals surface area contributed by atoms with Crippen LogP contribution in [0.2, 0.25) is 0 Å². The van der Waals surface area contributed by atoms with Crippen LogP contribution in [0.4, 0.5) is 4.39 Å². The van der Waals surface area contributed by atoms with Crippen molar-refractivity contribution in [3.63, 3.8) is 0 Å². The van der Waals surface area contributed by atoms with Crippen LogP contribution >= 0.6 is 0 Å². The molecule has 1 rings (SSSR count). The first kappa shape index (κ1) is 9.45. The quantitative estimate of drug-likeness (QED) is 0.525. The summed E-state index contributed by atoms with van der Waals surface area (Å²) >= 11 is 0. The van der Waals surface area contributed by atoms with E-state index in [9.17, 15) is 9.18 Å². The number of ether oxygens (including phenoxy) is 1. The van der Waals surface area contributed by atoms with E-state index < -0.39 is 5.97 Å². The number of halogens is 1. The minimum absolute atomic E-state index is 0.0580. The lowest BCUT2D eigenvalue weighted by Gasteiger charge is -2.02. The van der Waals surface area contributed by atoms with Crippen LogP contribution in [0.1, 0.15) is 5.56 Å². The van der Waals surface area contributed by atoms with Gasteiger partial charge < -0.3 is 4.74 Å². The van der Waals surface area contributed by atoms with Gasteiger partial charge in [0.15, 0.2) is 0 Å². The van der Waals surface area contributed by atoms with Gasteiger partial charge in [-0.25, -0.2) is 9.18 Å². The lowest BCUT2D eigenvalue weighted by molar-refractivity contribution is -0.139. The van der Waals surface area contributed by atoms with Crippen LogP contribution in [0.5, 0.6) is 0 Å². The van der Waals surface area contributed by atoms with Gasteiger partial charge >= 0.3 is 5.97 Å². The second-order valence-corrected chi connectivity index (χ2v) is 2.40. The van der Waals surface area contributed by atoms with Crippen LogP contribution < -0.4 is 0 Å². The summed E-state index contributed by atoms with van der Waals surface area (Å²) in [6.45, 7) is 3.17. The van der Waals surface area contributed by atoms with Crippen molar-refractivity contribution in [1.82, 2.24) is 0 Å². The minimum atomic E-state index is -0.553. The Kier molecular flexibility index (Phi) is 3.20. The van der Waals surface area contributed by atoms with Gasteiger partial charge in [-0.1, -0.05) is 24.8 Å². The number of hydrogen-bond acceptors (Lipinski definition) is 2. The molecule has 0 amide bonds. The Balaban J connectivity index is 2.59. The Morgan fingerprint density at radius 1 is 1.54 bits per heavy atom. The van der Waals surface area contributed by atoms with Crippen LogP contribution in [0, 0.1) is 5.82 Å². The number of benzene rings is 1. The molecule has 0 radical (unpaired) electrons. The van der Waals surface area contributed by atoms with E-state index in [0.29, 0.717) is 5.56 Å². The standard InChI is InChI=1S/C10H9FO2/c1-2-10(12)13-7-8-5-3-4-6-9(8)11/h2-6H,1,7H2. The third-order valence-corrected chi connectivity index (χ3v) is 1.49. The van der Waals surface area contributed by atoms with Crippen LogP contribution in [0.15, 0.2) is 36.9 Å². The summed E-state index contributed by atoms with van der Waals surface area (Å²) in [4.78, 5) is 10.6. The highest BCUT2D eigenvalue weighted by molar-refractivity contribution is 5.81. The van der Waals surface area contributed by atoms with Gasteiger partial charge in [0.2, 0.25) is 0 Å². The lowest BCUT2D eigenvalue weighted by Crippen LogP contribution is -2.01. The summed E-state index contributed by atoms with van der Waals surface area (Å²) in [7, 11) is 0. The molecule has 0 atom stereocenters. The maximum Gasteiger partial charge on any atom is 0.330 e. The normalized spacial score (nSPS) is 9.31. The van der Waals surface area contributed by atoms with E-state index in [-0.39, 0.29) is 12.4 Å². The topological polar surface area (TPSA) is 26.3 Å². The van der Waals surface area contributed by atoms with Crippen LogP contribution in [0.25, 0.3) is 0 Å². The molecule has 0 unspecified atom stereocenters. The largest absolute Gasteiger partial charge is 0.458 e. The Hall–Kier alpha value is -1.64. The summed E-state index contributed by atoms with van der Waals surface area (Å²) < 4.78 is 17.6. The molecule has 0 aliphatic heterocycles. The van der Waals surface area contributed by atoms with Crippen molar-refractivity contribution in [3.05, 3.63) is 48.3 Å². The molecule has 68 valence electrons. The molecule has 3 heteroatoms. The molecule has 0 fully saturated rings. The molecule has 13 heavy (non-hydrogen) atoms. The van der Waals surface area contributed by atoms with E-state index in [0.717, 1.165) is 6.08 Å². The molecule has 0 N–H and O–H groups in total. The Labute approximate surface area is 75.6 Å². The summed E-state index contributed by atoms with van der Waals surface area (Å²) in [5.74, 6) is -0.928. The average Bonchev–Trinajstić information content (AvgIpc) is 2.16. The van der Waals surface area contributed by atoms with Gasteiger partial charge in [0.05, 0.1) is 0 Å². The average molecular weight is 180 g/mol. The van der Waals surface area contributed by atoms with E-state index in [1.807, 2.05) is 0 Å². The second kappa shape index (κ2) is 4.40. The van der Waals surface area contributed by atoms with Crippen molar-refractivity contribution >= 4 is 5.97 Å². The maximum atomic E-state index is 12.9. The zero-order valence-corrected chi connectivity index (χ0v) is 7.00. The highest BCUT2D eigenvalue weighted by Crippen LogP contribution is 2.07. The fourth-order valence-corrected chi connectivity index (χ4v) is 0.823. The highest BCUT2D eigenvalue weighted by Gasteiger charge is 2.02. The molecule has 0 aliphatic carbocycles. The predicted octanol–water partition coefficient (Wildman–Crippen LogP) is 2.05. The predicted molar refractivity (Wildman–Crippen MR) is 46.4 cm³/mol. The first-order chi connectivity index (χ1) is 6.24. The maximum absolute atomic E-state index is 12.9. The van der Waals surface area contributed by atoms with Gasteiger partial charge in [0.1, 0.15) is 12.4 Å². The molecule has 2 nitrogen and oxygen atoms in total. The first-order valence-electron chi connectivity index (χ1n) is 3.76. The summed E-state index contributed by atoms with van der Waals surface area (Å²) in [6, 6.07) is 6.14. The van der Waals surface area contributed by atoms with Gasteiger partial charge in [0, 0.05) is 11.6 Å². The fraction of sp³-hybridized carbons (Fsp3) is 0.100. The van der Waals surface area contributed by atoms with Gasteiger partial charge in [-0.15, -0.1) is 0 Å². The molecule has 0 spiro atoms. The van der Waals surface area contributed by atoms with E-state index in [4.69, 9.17) is 0 Å². The molecule has 0 heterocycles. The molecule has 0 saturated heterocycles. The second-order valence-electron chi connectivity index (χ2n) is 2.40. The molecule has 1 aromatic carbocycles. The molecule has 0 aromatic heterocycles. The van der Waals surface area contributed by atoms with Crippen LogP contribution in [-0.4, -0.2) is 5.97 Å². The third-order valence-electron chi connectivity index (χ3n) is 1.49. The monoisotopic (exact) mass is 180 g/mol. The van der Waals surface area contributed by atoms with Crippen molar-refractivity contribution in [2.45, 2.75) is 6.61 Å².